The maximum absolute atomic E-state index is 15.2. The van der Waals surface area contributed by atoms with Crippen molar-refractivity contribution >= 4 is 23.1 Å². The number of rotatable bonds is 4. The number of halogens is 1. The van der Waals surface area contributed by atoms with Crippen molar-refractivity contribution in [3.63, 3.8) is 0 Å². The molecular formula is C27H30FN9. The summed E-state index contributed by atoms with van der Waals surface area (Å²) < 4.78 is 17.0. The molecule has 2 aliphatic rings. The van der Waals surface area contributed by atoms with Crippen LogP contribution in [0.3, 0.4) is 0 Å². The lowest BCUT2D eigenvalue weighted by atomic mass is 9.98. The summed E-state index contributed by atoms with van der Waals surface area (Å²) >= 11 is 0. The fourth-order valence-corrected chi connectivity index (χ4v) is 4.84. The number of hydrogen-bond acceptors (Lipinski definition) is 4. The van der Waals surface area contributed by atoms with Crippen molar-refractivity contribution in [2.45, 2.75) is 12.8 Å². The predicted molar refractivity (Wildman–Crippen MR) is 144 cm³/mol. The average molecular weight is 500 g/mol. The summed E-state index contributed by atoms with van der Waals surface area (Å²) in [6, 6.07) is 13.3. The second-order valence-corrected chi connectivity index (χ2v) is 9.30. The zero-order chi connectivity index (χ0) is 26.1. The lowest BCUT2D eigenvalue weighted by Gasteiger charge is -2.26. The minimum atomic E-state index is -0.353. The van der Waals surface area contributed by atoms with E-state index < -0.39 is 0 Å². The van der Waals surface area contributed by atoms with Crippen LogP contribution < -0.4 is 11.5 Å². The Hall–Kier alpha value is -4.47. The Morgan fingerprint density at radius 1 is 0.784 bits per heavy atom. The van der Waals surface area contributed by atoms with Crippen molar-refractivity contribution in [2.24, 2.45) is 18.5 Å². The van der Waals surface area contributed by atoms with Crippen LogP contribution in [-0.4, -0.2) is 62.7 Å². The molecule has 6 N–H and O–H groups in total. The van der Waals surface area contributed by atoms with E-state index >= 15 is 4.39 Å². The van der Waals surface area contributed by atoms with Crippen LogP contribution in [0, 0.1) is 16.6 Å². The molecule has 0 spiro atoms. The molecule has 37 heavy (non-hydrogen) atoms. The van der Waals surface area contributed by atoms with E-state index in [4.69, 9.17) is 22.3 Å². The third-order valence-corrected chi connectivity index (χ3v) is 7.07. The molecule has 3 aromatic rings. The number of nitrogens with zero attached hydrogens (tertiary/aromatic N) is 5. The highest BCUT2D eigenvalue weighted by molar-refractivity contribution is 5.78. The molecule has 0 saturated heterocycles. The Morgan fingerprint density at radius 2 is 1.30 bits per heavy atom. The Bertz CT molecular complexity index is 1420. The van der Waals surface area contributed by atoms with E-state index in [1.54, 1.807) is 17.0 Å². The normalized spacial score (nSPS) is 15.8. The summed E-state index contributed by atoms with van der Waals surface area (Å²) in [5.74, 6) is 0.916. The third-order valence-electron chi connectivity index (χ3n) is 7.07. The zero-order valence-corrected chi connectivity index (χ0v) is 20.7. The summed E-state index contributed by atoms with van der Waals surface area (Å²) in [4.78, 5) is 3.61. The molecule has 1 aromatic heterocycles. The molecule has 10 heteroatoms. The minimum absolute atomic E-state index is 0.0524. The maximum Gasteiger partial charge on any atom is 0.188 e. The van der Waals surface area contributed by atoms with Gasteiger partial charge in [-0.2, -0.15) is 0 Å². The van der Waals surface area contributed by atoms with E-state index in [1.165, 1.54) is 5.57 Å². The number of guanidine groups is 2. The van der Waals surface area contributed by atoms with Crippen molar-refractivity contribution in [2.75, 3.05) is 26.2 Å². The molecule has 0 aliphatic carbocycles. The molecule has 2 aromatic carbocycles. The molecule has 0 amide bonds. The molecule has 2 aliphatic heterocycles. The van der Waals surface area contributed by atoms with Gasteiger partial charge in [0.2, 0.25) is 0 Å². The van der Waals surface area contributed by atoms with Gasteiger partial charge in [-0.3, -0.25) is 10.8 Å². The number of hydrogen-bond donors (Lipinski definition) is 4. The van der Waals surface area contributed by atoms with E-state index in [9.17, 15) is 0 Å². The lowest BCUT2D eigenvalue weighted by molar-refractivity contribution is 0.451. The second-order valence-electron chi connectivity index (χ2n) is 9.30. The van der Waals surface area contributed by atoms with E-state index in [2.05, 4.69) is 28.4 Å². The highest BCUT2D eigenvalue weighted by Crippen LogP contribution is 2.30. The molecule has 9 nitrogen and oxygen atoms in total. The molecule has 190 valence electrons. The van der Waals surface area contributed by atoms with Crippen LogP contribution in [0.25, 0.3) is 33.9 Å². The van der Waals surface area contributed by atoms with Gasteiger partial charge in [0, 0.05) is 38.8 Å². The van der Waals surface area contributed by atoms with Gasteiger partial charge in [0.15, 0.2) is 23.6 Å². The number of benzene rings is 2. The van der Waals surface area contributed by atoms with Gasteiger partial charge in [-0.05, 0) is 47.2 Å². The molecule has 0 saturated carbocycles. The van der Waals surface area contributed by atoms with Crippen molar-refractivity contribution in [1.82, 2.24) is 24.6 Å². The molecule has 3 heterocycles. The largest absolute Gasteiger partial charge is 0.370 e. The molecule has 0 fully saturated rings. The molecule has 0 unspecified atom stereocenters. The van der Waals surface area contributed by atoms with Crippen molar-refractivity contribution in [3.05, 3.63) is 71.6 Å². The van der Waals surface area contributed by atoms with Gasteiger partial charge in [-0.15, -0.1) is 10.2 Å². The lowest BCUT2D eigenvalue weighted by Crippen LogP contribution is -2.39. The second kappa shape index (κ2) is 9.88. The van der Waals surface area contributed by atoms with E-state index in [0.717, 1.165) is 35.2 Å². The van der Waals surface area contributed by atoms with E-state index in [1.807, 2.05) is 40.8 Å². The van der Waals surface area contributed by atoms with Crippen LogP contribution in [-0.2, 0) is 7.05 Å². The van der Waals surface area contributed by atoms with E-state index in [0.29, 0.717) is 43.3 Å². The van der Waals surface area contributed by atoms with Crippen LogP contribution >= 0.6 is 0 Å². The van der Waals surface area contributed by atoms with Crippen molar-refractivity contribution in [3.8, 4) is 22.8 Å². The van der Waals surface area contributed by atoms with Crippen LogP contribution in [0.4, 0.5) is 4.39 Å². The molecule has 0 radical (unpaired) electrons. The highest BCUT2D eigenvalue weighted by Gasteiger charge is 2.19. The Morgan fingerprint density at radius 3 is 1.81 bits per heavy atom. The molecule has 5 rings (SSSR count). The summed E-state index contributed by atoms with van der Waals surface area (Å²) in [6.45, 7) is 2.56. The number of nitrogens with two attached hydrogens (primary N) is 2. The molecule has 0 atom stereocenters. The third kappa shape index (κ3) is 4.82. The predicted octanol–water partition coefficient (Wildman–Crippen LogP) is 3.25. The summed E-state index contributed by atoms with van der Waals surface area (Å²) in [6.07, 6.45) is 5.63. The van der Waals surface area contributed by atoms with E-state index in [-0.39, 0.29) is 17.7 Å². The Balaban J connectivity index is 1.34. The first-order chi connectivity index (χ1) is 17.8. The maximum atomic E-state index is 15.2. The topological polar surface area (TPSA) is 137 Å². The van der Waals surface area contributed by atoms with Gasteiger partial charge in [0.05, 0.1) is 5.56 Å². The first-order valence-corrected chi connectivity index (χ1v) is 12.2. The van der Waals surface area contributed by atoms with Gasteiger partial charge in [0.1, 0.15) is 5.82 Å². The fourth-order valence-electron chi connectivity index (χ4n) is 4.84. The quantitative estimate of drug-likeness (QED) is 0.321. The molecular weight excluding hydrogens is 469 g/mol. The van der Waals surface area contributed by atoms with Crippen LogP contribution in [0.15, 0.2) is 54.6 Å². The van der Waals surface area contributed by atoms with Crippen LogP contribution in [0.5, 0.6) is 0 Å². The standard InChI is InChI=1S/C27H30FN9/c1-35-24(20-4-2-17(3-5-20)18-8-12-36(13-9-18)26(29)30)33-34-25(35)22-7-6-21(16-23(22)28)19-10-14-37(15-11-19)27(31)32/h2-8,10,16H,9,11-15H2,1H3,(H3,29,30)(H3,31,32). The van der Waals surface area contributed by atoms with Gasteiger partial charge < -0.3 is 25.8 Å². The Labute approximate surface area is 214 Å². The minimum Gasteiger partial charge on any atom is -0.370 e. The summed E-state index contributed by atoms with van der Waals surface area (Å²) in [7, 11) is 1.84. The van der Waals surface area contributed by atoms with Gasteiger partial charge in [-0.25, -0.2) is 4.39 Å². The fraction of sp³-hybridized carbons (Fsp3) is 0.259. The summed E-state index contributed by atoms with van der Waals surface area (Å²) in [5.41, 5.74) is 16.7. The van der Waals surface area contributed by atoms with Crippen LogP contribution in [0.1, 0.15) is 24.0 Å². The first kappa shape index (κ1) is 24.2. The van der Waals surface area contributed by atoms with Gasteiger partial charge >= 0.3 is 0 Å². The van der Waals surface area contributed by atoms with Gasteiger partial charge in [-0.1, -0.05) is 42.5 Å². The number of aromatic nitrogens is 3. The number of nitrogens with one attached hydrogen (secondary N) is 2. The van der Waals surface area contributed by atoms with Crippen molar-refractivity contribution < 1.29 is 4.39 Å². The van der Waals surface area contributed by atoms with Crippen LogP contribution in [0.2, 0.25) is 0 Å². The first-order valence-electron chi connectivity index (χ1n) is 12.2. The summed E-state index contributed by atoms with van der Waals surface area (Å²) in [5, 5.41) is 23.8. The van der Waals surface area contributed by atoms with Gasteiger partial charge in [0.25, 0.3) is 0 Å². The zero-order valence-electron chi connectivity index (χ0n) is 20.7. The smallest absolute Gasteiger partial charge is 0.188 e. The Kier molecular flexibility index (Phi) is 6.47. The highest BCUT2D eigenvalue weighted by atomic mass is 19.1. The SMILES string of the molecule is Cn1c(-c2ccc(C3=CCN(C(=N)N)CC3)cc2)nnc1-c1ccc(C2=CCN(C(=N)N)CC2)cc1F. The van der Waals surface area contributed by atoms with Crippen molar-refractivity contribution in [1.29, 1.82) is 10.8 Å². The average Bonchev–Trinajstić information content (AvgIpc) is 3.29. The molecule has 0 bridgehead atoms. The monoisotopic (exact) mass is 499 g/mol.